The molecule has 0 aliphatic carbocycles. The quantitative estimate of drug-likeness (QED) is 0.456. The van der Waals surface area contributed by atoms with Crippen molar-refractivity contribution in [2.45, 2.75) is 43.9 Å². The molecule has 2 aliphatic rings. The van der Waals surface area contributed by atoms with Gasteiger partial charge in [-0.15, -0.1) is 0 Å². The Bertz CT molecular complexity index is 875. The minimum atomic E-state index is -3.63. The standard InChI is InChI=1S/C20H23N2O5P/c1-21-16-7-8-17(21)14-19(13-16)27-28(25,20-5-3-2-4-6-20)26-18-11-9-15(10-12-18)22(23)24/h2-6,9-12,16-17,19H,7-8,13-14H2,1H3/p+1/t16-,17+,19?,28?. The zero-order valence-electron chi connectivity index (χ0n) is 15.7. The van der Waals surface area contributed by atoms with E-state index in [1.807, 2.05) is 6.07 Å². The number of hydrogen-bond acceptors (Lipinski definition) is 5. The normalized spacial score (nSPS) is 28.5. The number of nitro benzene ring substituents is 1. The number of nitro groups is 1. The first kappa shape index (κ1) is 19.1. The highest BCUT2D eigenvalue weighted by Gasteiger charge is 2.45. The summed E-state index contributed by atoms with van der Waals surface area (Å²) in [6, 6.07) is 15.6. The van der Waals surface area contributed by atoms with Gasteiger partial charge in [-0.05, 0) is 24.3 Å². The first-order valence-corrected chi connectivity index (χ1v) is 11.1. The predicted octanol–water partition coefficient (Wildman–Crippen LogP) is 2.72. The largest absolute Gasteiger partial charge is 0.421 e. The van der Waals surface area contributed by atoms with Crippen molar-refractivity contribution < 1.29 is 23.4 Å². The Morgan fingerprint density at radius 1 is 1.04 bits per heavy atom. The molecule has 2 heterocycles. The first-order valence-electron chi connectivity index (χ1n) is 9.56. The van der Waals surface area contributed by atoms with Crippen LogP contribution >= 0.6 is 7.60 Å². The Labute approximate surface area is 163 Å². The zero-order chi connectivity index (χ0) is 19.7. The molecule has 1 N–H and O–H groups in total. The van der Waals surface area contributed by atoms with Crippen LogP contribution in [0.2, 0.25) is 0 Å². The molecule has 148 valence electrons. The number of non-ortho nitro benzene ring substituents is 1. The SMILES string of the molecule is C[NH+]1[C@@H]2CC[C@H]1CC(OP(=O)(Oc1ccc([N+](=O)[O-])cc1)c1ccccc1)C2. The highest BCUT2D eigenvalue weighted by Crippen LogP contribution is 2.50. The van der Waals surface area contributed by atoms with Crippen LogP contribution in [0.1, 0.15) is 25.7 Å². The number of hydrogen-bond donors (Lipinski definition) is 1. The third-order valence-electron chi connectivity index (χ3n) is 5.88. The summed E-state index contributed by atoms with van der Waals surface area (Å²) in [4.78, 5) is 11.9. The number of benzene rings is 2. The molecular formula is C20H24N2O5P+. The molecule has 2 bridgehead atoms. The third-order valence-corrected chi connectivity index (χ3v) is 7.84. The van der Waals surface area contributed by atoms with Gasteiger partial charge in [-0.2, -0.15) is 0 Å². The summed E-state index contributed by atoms with van der Waals surface area (Å²) >= 11 is 0. The van der Waals surface area contributed by atoms with Crippen LogP contribution in [0, 0.1) is 10.1 Å². The summed E-state index contributed by atoms with van der Waals surface area (Å²) in [6.07, 6.45) is 3.96. The van der Waals surface area contributed by atoms with E-state index in [0.29, 0.717) is 23.1 Å². The van der Waals surface area contributed by atoms with Gasteiger partial charge in [-0.25, -0.2) is 4.57 Å². The fraction of sp³-hybridized carbons (Fsp3) is 0.400. The van der Waals surface area contributed by atoms with Crippen LogP contribution in [0.5, 0.6) is 5.75 Å². The smallest absolute Gasteiger partial charge is 0.411 e. The number of quaternary nitrogens is 1. The van der Waals surface area contributed by atoms with Gasteiger partial charge in [-0.3, -0.25) is 14.6 Å². The average Bonchev–Trinajstić information content (AvgIpc) is 2.90. The van der Waals surface area contributed by atoms with Gasteiger partial charge >= 0.3 is 7.60 Å². The van der Waals surface area contributed by atoms with Crippen LogP contribution < -0.4 is 14.7 Å². The van der Waals surface area contributed by atoms with E-state index in [1.165, 1.54) is 37.1 Å². The average molecular weight is 403 g/mol. The Hall–Kier alpha value is -2.21. The summed E-state index contributed by atoms with van der Waals surface area (Å²) in [6.45, 7) is 0. The molecule has 0 saturated carbocycles. The fourth-order valence-electron chi connectivity index (χ4n) is 4.32. The summed E-state index contributed by atoms with van der Waals surface area (Å²) in [7, 11) is -1.40. The highest BCUT2D eigenvalue weighted by molar-refractivity contribution is 7.62. The Balaban J connectivity index is 1.58. The van der Waals surface area contributed by atoms with E-state index in [2.05, 4.69) is 7.05 Å². The third kappa shape index (κ3) is 3.83. The molecule has 2 saturated heterocycles. The summed E-state index contributed by atoms with van der Waals surface area (Å²) in [5.41, 5.74) is -0.0438. The minimum absolute atomic E-state index is 0.0438. The maximum absolute atomic E-state index is 13.8. The molecule has 0 aromatic heterocycles. The Morgan fingerprint density at radius 3 is 2.21 bits per heavy atom. The molecule has 8 heteroatoms. The molecule has 0 amide bonds. The zero-order valence-corrected chi connectivity index (χ0v) is 16.6. The molecule has 28 heavy (non-hydrogen) atoms. The molecule has 0 radical (unpaired) electrons. The molecule has 2 fully saturated rings. The van der Waals surface area contributed by atoms with E-state index in [0.717, 1.165) is 12.8 Å². The molecular weight excluding hydrogens is 379 g/mol. The Morgan fingerprint density at radius 2 is 1.64 bits per heavy atom. The molecule has 2 aromatic carbocycles. The molecule has 2 aromatic rings. The van der Waals surface area contributed by atoms with Crippen molar-refractivity contribution in [3.8, 4) is 5.75 Å². The van der Waals surface area contributed by atoms with Crippen LogP contribution in [0.3, 0.4) is 0 Å². The molecule has 0 spiro atoms. The Kier molecular flexibility index (Phi) is 5.23. The van der Waals surface area contributed by atoms with Gasteiger partial charge < -0.3 is 9.42 Å². The lowest BCUT2D eigenvalue weighted by Gasteiger charge is -2.34. The summed E-state index contributed by atoms with van der Waals surface area (Å²) in [5, 5.41) is 11.4. The van der Waals surface area contributed by atoms with Gasteiger partial charge in [0.25, 0.3) is 5.69 Å². The second-order valence-electron chi connectivity index (χ2n) is 7.59. The van der Waals surface area contributed by atoms with Gasteiger partial charge in [0.15, 0.2) is 0 Å². The lowest BCUT2D eigenvalue weighted by molar-refractivity contribution is -0.923. The first-order chi connectivity index (χ1) is 13.4. The fourth-order valence-corrected chi connectivity index (χ4v) is 6.10. The lowest BCUT2D eigenvalue weighted by atomic mass is 10.0. The van der Waals surface area contributed by atoms with E-state index >= 15 is 0 Å². The van der Waals surface area contributed by atoms with E-state index in [9.17, 15) is 14.7 Å². The van der Waals surface area contributed by atoms with Crippen LogP contribution in [0.15, 0.2) is 54.6 Å². The number of nitrogens with zero attached hydrogens (tertiary/aromatic N) is 1. The van der Waals surface area contributed by atoms with Crippen molar-refractivity contribution in [2.24, 2.45) is 0 Å². The molecule has 7 nitrogen and oxygen atoms in total. The van der Waals surface area contributed by atoms with Crippen molar-refractivity contribution in [3.63, 3.8) is 0 Å². The van der Waals surface area contributed by atoms with Crippen molar-refractivity contribution in [2.75, 3.05) is 7.05 Å². The second-order valence-corrected chi connectivity index (χ2v) is 9.49. The molecule has 5 atom stereocenters. The maximum Gasteiger partial charge on any atom is 0.411 e. The number of piperidine rings is 1. The van der Waals surface area contributed by atoms with E-state index in [1.54, 1.807) is 29.2 Å². The molecule has 3 unspecified atom stereocenters. The van der Waals surface area contributed by atoms with Crippen LogP contribution in [-0.4, -0.2) is 30.2 Å². The van der Waals surface area contributed by atoms with Crippen molar-refractivity contribution in [1.29, 1.82) is 0 Å². The number of nitrogens with one attached hydrogen (secondary N) is 1. The maximum atomic E-state index is 13.8. The molecule has 4 rings (SSSR count). The van der Waals surface area contributed by atoms with Crippen LogP contribution in [0.4, 0.5) is 5.69 Å². The predicted molar refractivity (Wildman–Crippen MR) is 105 cm³/mol. The summed E-state index contributed by atoms with van der Waals surface area (Å²) in [5.74, 6) is 0.291. The van der Waals surface area contributed by atoms with Gasteiger partial charge in [-0.1, -0.05) is 18.2 Å². The summed E-state index contributed by atoms with van der Waals surface area (Å²) < 4.78 is 25.8. The van der Waals surface area contributed by atoms with E-state index < -0.39 is 12.5 Å². The van der Waals surface area contributed by atoms with E-state index in [4.69, 9.17) is 9.05 Å². The lowest BCUT2D eigenvalue weighted by Crippen LogP contribution is -3.15. The monoisotopic (exact) mass is 403 g/mol. The second kappa shape index (κ2) is 7.66. The number of fused-ring (bicyclic) bond motifs is 2. The van der Waals surface area contributed by atoms with Crippen LogP contribution in [-0.2, 0) is 9.09 Å². The van der Waals surface area contributed by atoms with Gasteiger partial charge in [0.1, 0.15) is 5.75 Å². The number of rotatable bonds is 6. The highest BCUT2D eigenvalue weighted by atomic mass is 31.2. The van der Waals surface area contributed by atoms with Crippen LogP contribution in [0.25, 0.3) is 0 Å². The van der Waals surface area contributed by atoms with Gasteiger partial charge in [0, 0.05) is 37.8 Å². The van der Waals surface area contributed by atoms with Crippen molar-refractivity contribution in [1.82, 2.24) is 0 Å². The minimum Gasteiger partial charge on any atom is -0.421 e. The van der Waals surface area contributed by atoms with Gasteiger partial charge in [0.2, 0.25) is 0 Å². The van der Waals surface area contributed by atoms with Crippen molar-refractivity contribution >= 4 is 18.6 Å². The van der Waals surface area contributed by atoms with E-state index in [-0.39, 0.29) is 11.8 Å². The topological polar surface area (TPSA) is 83.1 Å². The van der Waals surface area contributed by atoms with Crippen molar-refractivity contribution in [3.05, 3.63) is 64.7 Å². The molecule has 2 aliphatic heterocycles. The van der Waals surface area contributed by atoms with Gasteiger partial charge in [0.05, 0.1) is 35.5 Å².